The van der Waals surface area contributed by atoms with Crippen LogP contribution in [-0.2, 0) is 9.59 Å². The minimum atomic E-state index is -0.430. The molecule has 1 aromatic carbocycles. The van der Waals surface area contributed by atoms with Crippen molar-refractivity contribution in [3.63, 3.8) is 0 Å². The molecule has 23 heavy (non-hydrogen) atoms. The predicted octanol–water partition coefficient (Wildman–Crippen LogP) is 2.70. The molecule has 1 aliphatic rings. The number of hydrogen-bond donors (Lipinski definition) is 0. The van der Waals surface area contributed by atoms with Gasteiger partial charge in [0.25, 0.3) is 0 Å². The highest BCUT2D eigenvalue weighted by molar-refractivity contribution is 6.00. The quantitative estimate of drug-likeness (QED) is 0.861. The molecule has 0 unspecified atom stereocenters. The van der Waals surface area contributed by atoms with Gasteiger partial charge in [-0.05, 0) is 36.6 Å². The Morgan fingerprint density at radius 3 is 2.35 bits per heavy atom. The van der Waals surface area contributed by atoms with E-state index < -0.39 is 6.04 Å². The Morgan fingerprint density at radius 1 is 1.22 bits per heavy atom. The van der Waals surface area contributed by atoms with Crippen molar-refractivity contribution in [3.8, 4) is 5.75 Å². The van der Waals surface area contributed by atoms with E-state index in [9.17, 15) is 9.59 Å². The number of benzene rings is 1. The number of ether oxygens (including phenoxy) is 1. The first-order chi connectivity index (χ1) is 10.7. The van der Waals surface area contributed by atoms with E-state index in [1.165, 1.54) is 0 Å². The number of hydrogen-bond acceptors (Lipinski definition) is 3. The van der Waals surface area contributed by atoms with Gasteiger partial charge in [-0.2, -0.15) is 0 Å². The van der Waals surface area contributed by atoms with Gasteiger partial charge >= 0.3 is 0 Å². The summed E-state index contributed by atoms with van der Waals surface area (Å²) >= 11 is 0. The Kier molecular flexibility index (Phi) is 4.97. The van der Waals surface area contributed by atoms with Gasteiger partial charge in [-0.15, -0.1) is 0 Å². The molecule has 1 saturated heterocycles. The van der Waals surface area contributed by atoms with Crippen LogP contribution in [0.25, 0.3) is 0 Å². The molecule has 0 radical (unpaired) electrons. The number of anilines is 1. The van der Waals surface area contributed by atoms with Crippen LogP contribution < -0.4 is 9.64 Å². The third kappa shape index (κ3) is 4.03. The van der Waals surface area contributed by atoms with E-state index in [0.717, 1.165) is 11.4 Å². The molecule has 126 valence electrons. The van der Waals surface area contributed by atoms with Crippen molar-refractivity contribution >= 4 is 17.5 Å². The zero-order valence-corrected chi connectivity index (χ0v) is 14.6. The van der Waals surface area contributed by atoms with Crippen LogP contribution in [0, 0.1) is 5.41 Å². The zero-order chi connectivity index (χ0) is 17.2. The second-order valence-corrected chi connectivity index (χ2v) is 7.19. The average Bonchev–Trinajstić information content (AvgIpc) is 2.48. The van der Waals surface area contributed by atoms with E-state index in [0.29, 0.717) is 19.5 Å². The van der Waals surface area contributed by atoms with E-state index in [2.05, 4.69) is 0 Å². The maximum absolute atomic E-state index is 12.7. The minimum absolute atomic E-state index is 0.0383. The topological polar surface area (TPSA) is 49.9 Å². The van der Waals surface area contributed by atoms with Crippen LogP contribution in [0.3, 0.4) is 0 Å². The lowest BCUT2D eigenvalue weighted by atomic mass is 9.91. The average molecular weight is 318 g/mol. The molecule has 1 fully saturated rings. The number of rotatable bonds is 3. The first-order valence-corrected chi connectivity index (χ1v) is 7.98. The summed E-state index contributed by atoms with van der Waals surface area (Å²) in [6, 6.07) is 6.99. The van der Waals surface area contributed by atoms with E-state index in [1.54, 1.807) is 23.8 Å². The van der Waals surface area contributed by atoms with Gasteiger partial charge in [-0.3, -0.25) is 9.59 Å². The summed E-state index contributed by atoms with van der Waals surface area (Å²) in [4.78, 5) is 28.5. The van der Waals surface area contributed by atoms with Crippen molar-refractivity contribution in [2.24, 2.45) is 5.41 Å². The molecular weight excluding hydrogens is 292 g/mol. The first kappa shape index (κ1) is 17.3. The lowest BCUT2D eigenvalue weighted by molar-refractivity contribution is -0.142. The smallest absolute Gasteiger partial charge is 0.249 e. The number of carbonyl (C=O) groups is 2. The molecule has 5 nitrogen and oxygen atoms in total. The van der Waals surface area contributed by atoms with Gasteiger partial charge in [0.15, 0.2) is 0 Å². The molecule has 2 rings (SSSR count). The van der Waals surface area contributed by atoms with Crippen molar-refractivity contribution in [2.45, 2.75) is 40.2 Å². The molecule has 0 spiro atoms. The van der Waals surface area contributed by atoms with Gasteiger partial charge < -0.3 is 14.5 Å². The molecule has 0 aliphatic carbocycles. The molecule has 0 bridgehead atoms. The van der Waals surface area contributed by atoms with Gasteiger partial charge in [0.2, 0.25) is 11.8 Å². The number of methoxy groups -OCH3 is 1. The summed E-state index contributed by atoms with van der Waals surface area (Å²) in [6.07, 6.45) is 0.452. The Labute approximate surface area is 138 Å². The molecule has 1 aliphatic heterocycles. The molecule has 1 atom stereocenters. The number of piperazine rings is 1. The van der Waals surface area contributed by atoms with E-state index in [4.69, 9.17) is 4.74 Å². The van der Waals surface area contributed by atoms with E-state index in [1.807, 2.05) is 45.0 Å². The molecule has 1 heterocycles. The third-order valence-corrected chi connectivity index (χ3v) is 4.04. The fraction of sp³-hybridized carbons (Fsp3) is 0.556. The zero-order valence-electron chi connectivity index (χ0n) is 14.6. The van der Waals surface area contributed by atoms with Crippen LogP contribution in [0.5, 0.6) is 5.75 Å². The Balaban J connectivity index is 2.10. The normalized spacial score (nSPS) is 19.0. The highest BCUT2D eigenvalue weighted by Gasteiger charge is 2.35. The van der Waals surface area contributed by atoms with Crippen molar-refractivity contribution in [1.29, 1.82) is 0 Å². The summed E-state index contributed by atoms with van der Waals surface area (Å²) in [5.74, 6) is 0.768. The summed E-state index contributed by atoms with van der Waals surface area (Å²) in [7, 11) is 1.61. The predicted molar refractivity (Wildman–Crippen MR) is 90.6 cm³/mol. The summed E-state index contributed by atoms with van der Waals surface area (Å²) in [5.41, 5.74) is 0.762. The summed E-state index contributed by atoms with van der Waals surface area (Å²) in [5, 5.41) is 0. The number of carbonyl (C=O) groups excluding carboxylic acids is 2. The van der Waals surface area contributed by atoms with Crippen LogP contribution >= 0.6 is 0 Å². The highest BCUT2D eigenvalue weighted by Crippen LogP contribution is 2.25. The fourth-order valence-electron chi connectivity index (χ4n) is 2.78. The van der Waals surface area contributed by atoms with E-state index >= 15 is 0 Å². The molecule has 2 amide bonds. The monoisotopic (exact) mass is 318 g/mol. The maximum atomic E-state index is 12.7. The summed E-state index contributed by atoms with van der Waals surface area (Å²) in [6.45, 7) is 8.98. The van der Waals surface area contributed by atoms with Crippen LogP contribution in [0.2, 0.25) is 0 Å². The van der Waals surface area contributed by atoms with Crippen molar-refractivity contribution in [1.82, 2.24) is 4.90 Å². The first-order valence-electron chi connectivity index (χ1n) is 7.98. The maximum Gasteiger partial charge on any atom is 0.249 e. The molecule has 1 aromatic rings. The molecular formula is C18H26N2O3. The second-order valence-electron chi connectivity index (χ2n) is 7.19. The lowest BCUT2D eigenvalue weighted by Crippen LogP contribution is -2.58. The van der Waals surface area contributed by atoms with Gasteiger partial charge in [-0.1, -0.05) is 20.8 Å². The number of nitrogens with zero attached hydrogens (tertiary/aromatic N) is 2. The van der Waals surface area contributed by atoms with Crippen LogP contribution in [0.4, 0.5) is 5.69 Å². The fourth-order valence-corrected chi connectivity index (χ4v) is 2.78. The Morgan fingerprint density at radius 2 is 1.83 bits per heavy atom. The lowest BCUT2D eigenvalue weighted by Gasteiger charge is -2.40. The Hall–Kier alpha value is -2.04. The van der Waals surface area contributed by atoms with Crippen molar-refractivity contribution < 1.29 is 14.3 Å². The van der Waals surface area contributed by atoms with Crippen molar-refractivity contribution in [2.75, 3.05) is 25.1 Å². The summed E-state index contributed by atoms with van der Waals surface area (Å²) < 4.78 is 5.14. The van der Waals surface area contributed by atoms with Gasteiger partial charge in [-0.25, -0.2) is 0 Å². The third-order valence-electron chi connectivity index (χ3n) is 4.04. The van der Waals surface area contributed by atoms with Crippen LogP contribution in [0.15, 0.2) is 24.3 Å². The van der Waals surface area contributed by atoms with E-state index in [-0.39, 0.29) is 17.2 Å². The Bertz CT molecular complexity index is 575. The second kappa shape index (κ2) is 6.60. The van der Waals surface area contributed by atoms with Crippen LogP contribution in [0.1, 0.15) is 34.1 Å². The van der Waals surface area contributed by atoms with Gasteiger partial charge in [0.05, 0.1) is 7.11 Å². The molecule has 5 heteroatoms. The van der Waals surface area contributed by atoms with Gasteiger partial charge in [0.1, 0.15) is 11.8 Å². The standard InChI is InChI=1S/C18H26N2O3/c1-13-17(22)20(14-6-8-15(23-5)9-7-14)11-10-19(13)16(21)12-18(2,3)4/h6-9,13H,10-12H2,1-5H3/t13-/m1/s1. The molecule has 0 saturated carbocycles. The van der Waals surface area contributed by atoms with Gasteiger partial charge in [0, 0.05) is 25.2 Å². The van der Waals surface area contributed by atoms with Crippen molar-refractivity contribution in [3.05, 3.63) is 24.3 Å². The molecule has 0 N–H and O–H groups in total. The highest BCUT2D eigenvalue weighted by atomic mass is 16.5. The minimum Gasteiger partial charge on any atom is -0.497 e. The number of amides is 2. The SMILES string of the molecule is COc1ccc(N2CCN(C(=O)CC(C)(C)C)[C@H](C)C2=O)cc1. The van der Waals surface area contributed by atoms with Crippen LogP contribution in [-0.4, -0.2) is 43.0 Å². The largest absolute Gasteiger partial charge is 0.497 e. The molecule has 0 aromatic heterocycles.